The molecule has 0 heterocycles. The minimum absolute atomic E-state index is 0.563. The lowest BCUT2D eigenvalue weighted by Gasteiger charge is -2.25. The van der Waals surface area contributed by atoms with Gasteiger partial charge in [0.25, 0.3) is 0 Å². The van der Waals surface area contributed by atoms with Crippen LogP contribution >= 0.6 is 27.5 Å². The van der Waals surface area contributed by atoms with Crippen LogP contribution in [0.15, 0.2) is 22.7 Å². The van der Waals surface area contributed by atoms with Crippen molar-refractivity contribution < 1.29 is 0 Å². The maximum atomic E-state index is 5.96. The molecule has 0 aliphatic heterocycles. The molecule has 1 aromatic rings. The van der Waals surface area contributed by atoms with E-state index in [9.17, 15) is 0 Å². The fourth-order valence-electron chi connectivity index (χ4n) is 1.70. The van der Waals surface area contributed by atoms with Crippen molar-refractivity contribution in [3.05, 3.63) is 28.2 Å². The van der Waals surface area contributed by atoms with Gasteiger partial charge in [0.15, 0.2) is 0 Å². The minimum Gasteiger partial charge on any atom is -0.374 e. The number of rotatable bonds is 5. The average Bonchev–Trinajstić information content (AvgIpc) is 2.28. The standard InChI is InChI=1S/C13H19BrClN/c1-4-10(2)9-16(3)13-7-12(14)6-5-11(13)8-15/h5-7,10H,4,8-9H2,1-3H3. The van der Waals surface area contributed by atoms with Gasteiger partial charge in [-0.1, -0.05) is 42.3 Å². The Kier molecular flexibility index (Phi) is 5.63. The second kappa shape index (κ2) is 6.51. The second-order valence-corrected chi connectivity index (χ2v) is 5.48. The predicted molar refractivity (Wildman–Crippen MR) is 76.4 cm³/mol. The fourth-order valence-corrected chi connectivity index (χ4v) is 2.28. The van der Waals surface area contributed by atoms with Crippen molar-refractivity contribution in [3.63, 3.8) is 0 Å². The summed E-state index contributed by atoms with van der Waals surface area (Å²) in [5.41, 5.74) is 2.42. The highest BCUT2D eigenvalue weighted by molar-refractivity contribution is 9.10. The first-order chi connectivity index (χ1) is 7.58. The smallest absolute Gasteiger partial charge is 0.0494 e. The van der Waals surface area contributed by atoms with E-state index in [4.69, 9.17) is 11.6 Å². The van der Waals surface area contributed by atoms with Crippen LogP contribution < -0.4 is 4.90 Å². The van der Waals surface area contributed by atoms with Gasteiger partial charge in [0, 0.05) is 29.6 Å². The van der Waals surface area contributed by atoms with Crippen LogP contribution in [0.2, 0.25) is 0 Å². The summed E-state index contributed by atoms with van der Waals surface area (Å²) in [5.74, 6) is 1.26. The average molecular weight is 305 g/mol. The summed E-state index contributed by atoms with van der Waals surface area (Å²) in [7, 11) is 2.13. The van der Waals surface area contributed by atoms with Crippen LogP contribution in [0.5, 0.6) is 0 Å². The number of alkyl halides is 1. The van der Waals surface area contributed by atoms with Gasteiger partial charge in [0.2, 0.25) is 0 Å². The predicted octanol–water partition coefficient (Wildman–Crippen LogP) is 4.67. The van der Waals surface area contributed by atoms with E-state index in [1.807, 2.05) is 6.07 Å². The molecule has 0 N–H and O–H groups in total. The van der Waals surface area contributed by atoms with E-state index in [1.54, 1.807) is 0 Å². The molecule has 0 aliphatic rings. The molecule has 0 fully saturated rings. The monoisotopic (exact) mass is 303 g/mol. The Morgan fingerprint density at radius 3 is 2.69 bits per heavy atom. The zero-order valence-electron chi connectivity index (χ0n) is 10.1. The molecular formula is C13H19BrClN. The maximum Gasteiger partial charge on any atom is 0.0494 e. The summed E-state index contributed by atoms with van der Waals surface area (Å²) in [5, 5.41) is 0. The van der Waals surface area contributed by atoms with E-state index in [0.717, 1.165) is 11.0 Å². The van der Waals surface area contributed by atoms with Gasteiger partial charge in [-0.25, -0.2) is 0 Å². The summed E-state index contributed by atoms with van der Waals surface area (Å²) in [6, 6.07) is 6.26. The van der Waals surface area contributed by atoms with Crippen molar-refractivity contribution >= 4 is 33.2 Å². The summed E-state index contributed by atoms with van der Waals surface area (Å²) in [6.07, 6.45) is 1.20. The molecule has 0 radical (unpaired) electrons. The molecule has 0 saturated carbocycles. The van der Waals surface area contributed by atoms with Crippen molar-refractivity contribution in [2.24, 2.45) is 5.92 Å². The molecule has 0 spiro atoms. The van der Waals surface area contributed by atoms with Crippen LogP contribution in [-0.4, -0.2) is 13.6 Å². The lowest BCUT2D eigenvalue weighted by Crippen LogP contribution is -2.24. The van der Waals surface area contributed by atoms with E-state index in [2.05, 4.69) is 53.9 Å². The van der Waals surface area contributed by atoms with Gasteiger partial charge in [-0.3, -0.25) is 0 Å². The Labute approximate surface area is 112 Å². The number of halogens is 2. The number of benzene rings is 1. The molecule has 3 heteroatoms. The van der Waals surface area contributed by atoms with Crippen molar-refractivity contribution in [1.29, 1.82) is 0 Å². The minimum atomic E-state index is 0.563. The summed E-state index contributed by atoms with van der Waals surface area (Å²) in [4.78, 5) is 2.29. The van der Waals surface area contributed by atoms with Gasteiger partial charge in [-0.05, 0) is 23.6 Å². The molecule has 1 aromatic carbocycles. The zero-order valence-corrected chi connectivity index (χ0v) is 12.5. The Bertz CT molecular complexity index is 341. The molecule has 0 amide bonds. The Balaban J connectivity index is 2.88. The first-order valence-corrected chi connectivity index (χ1v) is 6.96. The molecule has 90 valence electrons. The zero-order chi connectivity index (χ0) is 12.1. The normalized spacial score (nSPS) is 12.6. The molecule has 0 bridgehead atoms. The third-order valence-corrected chi connectivity index (χ3v) is 3.67. The Hall–Kier alpha value is -0.210. The second-order valence-electron chi connectivity index (χ2n) is 4.30. The molecular weight excluding hydrogens is 286 g/mol. The molecule has 0 aliphatic carbocycles. The van der Waals surface area contributed by atoms with Gasteiger partial charge in [0.1, 0.15) is 0 Å². The van der Waals surface area contributed by atoms with Crippen LogP contribution in [0, 0.1) is 5.92 Å². The molecule has 0 aromatic heterocycles. The van der Waals surface area contributed by atoms with Crippen molar-refractivity contribution in [1.82, 2.24) is 0 Å². The van der Waals surface area contributed by atoms with E-state index in [0.29, 0.717) is 11.8 Å². The van der Waals surface area contributed by atoms with E-state index in [-0.39, 0.29) is 0 Å². The summed E-state index contributed by atoms with van der Waals surface area (Å²) in [6.45, 7) is 5.56. The third-order valence-electron chi connectivity index (χ3n) is 2.89. The van der Waals surface area contributed by atoms with Gasteiger partial charge in [-0.2, -0.15) is 0 Å². The Morgan fingerprint density at radius 1 is 1.44 bits per heavy atom. The highest BCUT2D eigenvalue weighted by Gasteiger charge is 2.10. The van der Waals surface area contributed by atoms with Gasteiger partial charge in [-0.15, -0.1) is 11.6 Å². The molecule has 0 saturated heterocycles. The van der Waals surface area contributed by atoms with Crippen LogP contribution in [0.3, 0.4) is 0 Å². The number of hydrogen-bond donors (Lipinski definition) is 0. The Morgan fingerprint density at radius 2 is 2.12 bits per heavy atom. The van der Waals surface area contributed by atoms with Crippen LogP contribution in [-0.2, 0) is 5.88 Å². The lowest BCUT2D eigenvalue weighted by atomic mass is 10.1. The van der Waals surface area contributed by atoms with Gasteiger partial charge < -0.3 is 4.90 Å². The van der Waals surface area contributed by atoms with Crippen molar-refractivity contribution in [2.45, 2.75) is 26.1 Å². The highest BCUT2D eigenvalue weighted by atomic mass is 79.9. The SMILES string of the molecule is CCC(C)CN(C)c1cc(Br)ccc1CCl. The van der Waals surface area contributed by atoms with Gasteiger partial charge in [0.05, 0.1) is 0 Å². The first-order valence-electron chi connectivity index (χ1n) is 5.64. The third kappa shape index (κ3) is 3.67. The summed E-state index contributed by atoms with van der Waals surface area (Å²) >= 11 is 9.46. The molecule has 1 rings (SSSR count). The number of hydrogen-bond acceptors (Lipinski definition) is 1. The number of anilines is 1. The summed E-state index contributed by atoms with van der Waals surface area (Å²) < 4.78 is 1.10. The van der Waals surface area contributed by atoms with Crippen LogP contribution in [0.4, 0.5) is 5.69 Å². The molecule has 1 atom stereocenters. The van der Waals surface area contributed by atoms with Gasteiger partial charge >= 0.3 is 0 Å². The quantitative estimate of drug-likeness (QED) is 0.715. The number of nitrogens with zero attached hydrogens (tertiary/aromatic N) is 1. The van der Waals surface area contributed by atoms with Crippen LogP contribution in [0.25, 0.3) is 0 Å². The fraction of sp³-hybridized carbons (Fsp3) is 0.538. The topological polar surface area (TPSA) is 3.24 Å². The highest BCUT2D eigenvalue weighted by Crippen LogP contribution is 2.26. The molecule has 1 nitrogen and oxygen atoms in total. The first kappa shape index (κ1) is 13.9. The largest absolute Gasteiger partial charge is 0.374 e. The molecule has 16 heavy (non-hydrogen) atoms. The van der Waals surface area contributed by atoms with Crippen LogP contribution in [0.1, 0.15) is 25.8 Å². The van der Waals surface area contributed by atoms with E-state index >= 15 is 0 Å². The van der Waals surface area contributed by atoms with Crippen molar-refractivity contribution in [2.75, 3.05) is 18.5 Å². The van der Waals surface area contributed by atoms with Crippen molar-refractivity contribution in [3.8, 4) is 0 Å². The van der Waals surface area contributed by atoms with E-state index in [1.165, 1.54) is 17.7 Å². The molecule has 1 unspecified atom stereocenters. The lowest BCUT2D eigenvalue weighted by molar-refractivity contribution is 0.559. The maximum absolute atomic E-state index is 5.96. The van der Waals surface area contributed by atoms with E-state index < -0.39 is 0 Å².